The van der Waals surface area contributed by atoms with Crippen molar-refractivity contribution in [3.05, 3.63) is 0 Å². The predicted molar refractivity (Wildman–Crippen MR) is 58.2 cm³/mol. The van der Waals surface area contributed by atoms with E-state index in [9.17, 15) is 4.79 Å². The molecule has 3 nitrogen and oxygen atoms in total. The number of urea groups is 1. The molecule has 0 saturated carbocycles. The average Bonchev–Trinajstić information content (AvgIpc) is 2.49. The van der Waals surface area contributed by atoms with Gasteiger partial charge in [-0.2, -0.15) is 0 Å². The van der Waals surface area contributed by atoms with Gasteiger partial charge in [-0.3, -0.25) is 0 Å². The van der Waals surface area contributed by atoms with Crippen LogP contribution in [0.4, 0.5) is 4.79 Å². The van der Waals surface area contributed by atoms with Crippen molar-refractivity contribution in [1.29, 1.82) is 0 Å². The van der Waals surface area contributed by atoms with E-state index in [2.05, 4.69) is 19.2 Å². The molecule has 0 aromatic heterocycles. The first-order valence-electron chi connectivity index (χ1n) is 5.59. The Morgan fingerprint density at radius 2 is 2.00 bits per heavy atom. The SMILES string of the molecule is CC(C)NC(=O)N1CCCC1C(C)C. The molecule has 0 aliphatic carbocycles. The fourth-order valence-electron chi connectivity index (χ4n) is 2.07. The van der Waals surface area contributed by atoms with Gasteiger partial charge in [0, 0.05) is 18.6 Å². The number of hydrogen-bond acceptors (Lipinski definition) is 1. The van der Waals surface area contributed by atoms with Crippen molar-refractivity contribution in [2.75, 3.05) is 6.54 Å². The van der Waals surface area contributed by atoms with Crippen LogP contribution in [-0.4, -0.2) is 29.6 Å². The number of hydrogen-bond donors (Lipinski definition) is 1. The Labute approximate surface area is 86.9 Å². The lowest BCUT2D eigenvalue weighted by molar-refractivity contribution is 0.176. The van der Waals surface area contributed by atoms with Gasteiger partial charge in [0.1, 0.15) is 0 Å². The summed E-state index contributed by atoms with van der Waals surface area (Å²) in [6.45, 7) is 9.29. The first-order valence-corrected chi connectivity index (χ1v) is 5.59. The van der Waals surface area contributed by atoms with Crippen LogP contribution in [0.1, 0.15) is 40.5 Å². The van der Waals surface area contributed by atoms with Crippen molar-refractivity contribution in [2.45, 2.75) is 52.6 Å². The van der Waals surface area contributed by atoms with Crippen LogP contribution in [0, 0.1) is 5.92 Å². The summed E-state index contributed by atoms with van der Waals surface area (Å²) in [7, 11) is 0. The van der Waals surface area contributed by atoms with Crippen molar-refractivity contribution in [1.82, 2.24) is 10.2 Å². The minimum Gasteiger partial charge on any atom is -0.336 e. The smallest absolute Gasteiger partial charge is 0.317 e. The molecule has 1 N–H and O–H groups in total. The molecule has 0 aromatic carbocycles. The van der Waals surface area contributed by atoms with E-state index >= 15 is 0 Å². The topological polar surface area (TPSA) is 32.3 Å². The summed E-state index contributed by atoms with van der Waals surface area (Å²) >= 11 is 0. The van der Waals surface area contributed by atoms with Crippen LogP contribution in [0.5, 0.6) is 0 Å². The van der Waals surface area contributed by atoms with Crippen LogP contribution in [-0.2, 0) is 0 Å². The Balaban J connectivity index is 2.53. The van der Waals surface area contributed by atoms with Crippen LogP contribution in [0.25, 0.3) is 0 Å². The van der Waals surface area contributed by atoms with Gasteiger partial charge in [0.05, 0.1) is 0 Å². The van der Waals surface area contributed by atoms with Gasteiger partial charge in [0.2, 0.25) is 0 Å². The van der Waals surface area contributed by atoms with E-state index in [1.807, 2.05) is 18.7 Å². The molecule has 1 unspecified atom stereocenters. The number of likely N-dealkylation sites (tertiary alicyclic amines) is 1. The Bertz CT molecular complexity index is 201. The van der Waals surface area contributed by atoms with Gasteiger partial charge >= 0.3 is 6.03 Å². The Hall–Kier alpha value is -0.730. The molecule has 14 heavy (non-hydrogen) atoms. The number of nitrogens with one attached hydrogen (secondary N) is 1. The maximum atomic E-state index is 11.8. The molecule has 1 heterocycles. The van der Waals surface area contributed by atoms with E-state index in [1.54, 1.807) is 0 Å². The van der Waals surface area contributed by atoms with Gasteiger partial charge in [0.25, 0.3) is 0 Å². The molecule has 0 spiro atoms. The summed E-state index contributed by atoms with van der Waals surface area (Å²) in [5, 5.41) is 2.96. The summed E-state index contributed by atoms with van der Waals surface area (Å²) in [5.41, 5.74) is 0. The fourth-order valence-corrected chi connectivity index (χ4v) is 2.07. The summed E-state index contributed by atoms with van der Waals surface area (Å²) in [5.74, 6) is 0.565. The van der Waals surface area contributed by atoms with Crippen molar-refractivity contribution in [2.24, 2.45) is 5.92 Å². The van der Waals surface area contributed by atoms with E-state index in [0.29, 0.717) is 12.0 Å². The minimum atomic E-state index is 0.108. The van der Waals surface area contributed by atoms with Crippen LogP contribution in [0.2, 0.25) is 0 Å². The summed E-state index contributed by atoms with van der Waals surface area (Å²) in [6.07, 6.45) is 2.30. The van der Waals surface area contributed by atoms with E-state index in [1.165, 1.54) is 0 Å². The number of amides is 2. The molecule has 1 rings (SSSR count). The number of nitrogens with zero attached hydrogens (tertiary/aromatic N) is 1. The lowest BCUT2D eigenvalue weighted by atomic mass is 10.0. The van der Waals surface area contributed by atoms with Crippen molar-refractivity contribution in [3.8, 4) is 0 Å². The van der Waals surface area contributed by atoms with Crippen LogP contribution in [0.3, 0.4) is 0 Å². The second-order valence-corrected chi connectivity index (χ2v) is 4.75. The van der Waals surface area contributed by atoms with E-state index in [4.69, 9.17) is 0 Å². The molecule has 0 aromatic rings. The van der Waals surface area contributed by atoms with E-state index in [0.717, 1.165) is 19.4 Å². The zero-order chi connectivity index (χ0) is 10.7. The average molecular weight is 198 g/mol. The second-order valence-electron chi connectivity index (χ2n) is 4.75. The van der Waals surface area contributed by atoms with Crippen molar-refractivity contribution >= 4 is 6.03 Å². The highest BCUT2D eigenvalue weighted by atomic mass is 16.2. The van der Waals surface area contributed by atoms with E-state index < -0.39 is 0 Å². The Morgan fingerprint density at radius 3 is 2.50 bits per heavy atom. The quantitative estimate of drug-likeness (QED) is 0.725. The standard InChI is InChI=1S/C11H22N2O/c1-8(2)10-6-5-7-13(10)11(14)12-9(3)4/h8-10H,5-7H2,1-4H3,(H,12,14). The van der Waals surface area contributed by atoms with Crippen molar-refractivity contribution < 1.29 is 4.79 Å². The minimum absolute atomic E-state index is 0.108. The monoisotopic (exact) mass is 198 g/mol. The van der Waals surface area contributed by atoms with Gasteiger partial charge in [-0.05, 0) is 32.6 Å². The van der Waals surface area contributed by atoms with Gasteiger partial charge in [-0.1, -0.05) is 13.8 Å². The zero-order valence-corrected chi connectivity index (χ0v) is 9.71. The molecule has 0 radical (unpaired) electrons. The molecular weight excluding hydrogens is 176 g/mol. The van der Waals surface area contributed by atoms with Crippen LogP contribution in [0.15, 0.2) is 0 Å². The molecule has 1 aliphatic rings. The normalized spacial score (nSPS) is 22.1. The third kappa shape index (κ3) is 2.63. The molecule has 0 bridgehead atoms. The number of carbonyl (C=O) groups excluding carboxylic acids is 1. The first kappa shape index (κ1) is 11.3. The largest absolute Gasteiger partial charge is 0.336 e. The van der Waals surface area contributed by atoms with Crippen molar-refractivity contribution in [3.63, 3.8) is 0 Å². The molecule has 1 saturated heterocycles. The van der Waals surface area contributed by atoms with Gasteiger partial charge in [-0.25, -0.2) is 4.79 Å². The highest BCUT2D eigenvalue weighted by Gasteiger charge is 2.30. The summed E-state index contributed by atoms with van der Waals surface area (Å²) < 4.78 is 0. The second kappa shape index (κ2) is 4.67. The van der Waals surface area contributed by atoms with Gasteiger partial charge in [0.15, 0.2) is 0 Å². The molecular formula is C11H22N2O. The Morgan fingerprint density at radius 1 is 1.36 bits per heavy atom. The third-order valence-corrected chi connectivity index (χ3v) is 2.74. The predicted octanol–water partition coefficient (Wildman–Crippen LogP) is 2.22. The zero-order valence-electron chi connectivity index (χ0n) is 9.71. The molecule has 1 aliphatic heterocycles. The summed E-state index contributed by atoms with van der Waals surface area (Å²) in [4.78, 5) is 13.8. The first-order chi connectivity index (χ1) is 6.52. The number of rotatable bonds is 2. The highest BCUT2D eigenvalue weighted by Crippen LogP contribution is 2.23. The lowest BCUT2D eigenvalue weighted by Crippen LogP contribution is -2.46. The van der Waals surface area contributed by atoms with Crippen LogP contribution >= 0.6 is 0 Å². The maximum Gasteiger partial charge on any atom is 0.317 e. The fraction of sp³-hybridized carbons (Fsp3) is 0.909. The maximum absolute atomic E-state index is 11.8. The van der Waals surface area contributed by atoms with Gasteiger partial charge in [-0.15, -0.1) is 0 Å². The molecule has 2 amide bonds. The molecule has 3 heteroatoms. The van der Waals surface area contributed by atoms with E-state index in [-0.39, 0.29) is 12.1 Å². The molecule has 1 fully saturated rings. The summed E-state index contributed by atoms with van der Waals surface area (Å²) in [6, 6.07) is 0.779. The van der Waals surface area contributed by atoms with Crippen LogP contribution < -0.4 is 5.32 Å². The molecule has 1 atom stereocenters. The molecule has 82 valence electrons. The Kier molecular flexibility index (Phi) is 3.78. The third-order valence-electron chi connectivity index (χ3n) is 2.74. The lowest BCUT2D eigenvalue weighted by Gasteiger charge is -2.28. The number of carbonyl (C=O) groups is 1. The van der Waals surface area contributed by atoms with Gasteiger partial charge < -0.3 is 10.2 Å². The highest BCUT2D eigenvalue weighted by molar-refractivity contribution is 5.75.